The Labute approximate surface area is 406 Å². The summed E-state index contributed by atoms with van der Waals surface area (Å²) >= 11 is 0. The monoisotopic (exact) mass is 945 g/mol. The largest absolute Gasteiger partial charge is 0.356 e. The van der Waals surface area contributed by atoms with E-state index in [0.717, 1.165) is 168 Å². The van der Waals surface area contributed by atoms with Gasteiger partial charge in [0.15, 0.2) is 0 Å². The second kappa shape index (κ2) is 51.5. The molecule has 0 heterocycles. The van der Waals surface area contributed by atoms with Gasteiger partial charge in [0.25, 0.3) is 0 Å². The highest BCUT2D eigenvalue weighted by molar-refractivity contribution is 5.82. The summed E-state index contributed by atoms with van der Waals surface area (Å²) in [5, 5.41) is 14.6. The van der Waals surface area contributed by atoms with Gasteiger partial charge in [-0.15, -0.1) is 0 Å². The van der Waals surface area contributed by atoms with E-state index in [1.807, 2.05) is 83.1 Å². The molecular formula is C51H112N10O5. The number of carbonyl (C=O) groups excluding carboxylic acids is 5. The molecule has 396 valence electrons. The maximum atomic E-state index is 11.6. The lowest BCUT2D eigenvalue weighted by Gasteiger charge is -2.21. The van der Waals surface area contributed by atoms with Crippen molar-refractivity contribution >= 4 is 29.5 Å². The smallest absolute Gasteiger partial charge is 0.225 e. The average molecular weight is 946 g/mol. The van der Waals surface area contributed by atoms with Crippen molar-refractivity contribution in [3.63, 3.8) is 0 Å². The van der Waals surface area contributed by atoms with E-state index in [1.165, 1.54) is 6.42 Å². The van der Waals surface area contributed by atoms with Gasteiger partial charge >= 0.3 is 0 Å². The number of amides is 5. The van der Waals surface area contributed by atoms with Gasteiger partial charge in [-0.3, -0.25) is 24.0 Å². The first kappa shape index (κ1) is 72.1. The molecule has 0 fully saturated rings. The molecule has 0 bridgehead atoms. The van der Waals surface area contributed by atoms with E-state index < -0.39 is 0 Å². The van der Waals surface area contributed by atoms with Gasteiger partial charge in [0.2, 0.25) is 29.5 Å². The predicted octanol–water partition coefficient (Wildman–Crippen LogP) is 6.78. The van der Waals surface area contributed by atoms with Gasteiger partial charge < -0.3 is 55.3 Å². The zero-order valence-corrected chi connectivity index (χ0v) is 45.2. The van der Waals surface area contributed by atoms with Gasteiger partial charge in [-0.1, -0.05) is 109 Å². The van der Waals surface area contributed by atoms with Crippen molar-refractivity contribution < 1.29 is 24.0 Å². The van der Waals surface area contributed by atoms with Gasteiger partial charge in [0.1, 0.15) is 0 Å². The SMILES string of the molecule is CCC(C)(C)C(=O)NCCCCCN.CCC(C)(C)C(=O)NCCCCN.CCC(C)C(=O)NCCCCCCN.CCC(C)C(=O)NCCCCCN.CCC(C)C(=O)NCCCCN. The van der Waals surface area contributed by atoms with Crippen LogP contribution in [0.25, 0.3) is 0 Å². The quantitative estimate of drug-likeness (QED) is 0.0302. The molecule has 0 aliphatic carbocycles. The number of rotatable bonds is 34. The number of nitrogens with two attached hydrogens (primary N) is 5. The molecule has 0 saturated carbocycles. The Morgan fingerprint density at radius 2 is 0.545 bits per heavy atom. The Kier molecular flexibility index (Phi) is 56.3. The highest BCUT2D eigenvalue weighted by atomic mass is 16.2. The lowest BCUT2D eigenvalue weighted by molar-refractivity contribution is -0.130. The molecule has 66 heavy (non-hydrogen) atoms. The third-order valence-electron chi connectivity index (χ3n) is 11.8. The molecule has 0 aromatic heterocycles. The van der Waals surface area contributed by atoms with Gasteiger partial charge in [-0.2, -0.15) is 0 Å². The van der Waals surface area contributed by atoms with Crippen molar-refractivity contribution in [2.24, 2.45) is 57.3 Å². The van der Waals surface area contributed by atoms with Crippen LogP contribution >= 0.6 is 0 Å². The molecule has 0 rings (SSSR count). The zero-order valence-electron chi connectivity index (χ0n) is 45.2. The van der Waals surface area contributed by atoms with Crippen LogP contribution < -0.4 is 55.3 Å². The van der Waals surface area contributed by atoms with Gasteiger partial charge in [-0.25, -0.2) is 0 Å². The average Bonchev–Trinajstić information content (AvgIpc) is 3.32. The van der Waals surface area contributed by atoms with Crippen molar-refractivity contribution in [1.29, 1.82) is 0 Å². The van der Waals surface area contributed by atoms with E-state index in [2.05, 4.69) is 26.6 Å². The van der Waals surface area contributed by atoms with Crippen LogP contribution in [0.5, 0.6) is 0 Å². The van der Waals surface area contributed by atoms with Crippen LogP contribution in [0.4, 0.5) is 0 Å². The maximum Gasteiger partial charge on any atom is 0.225 e. The molecule has 0 saturated heterocycles. The van der Waals surface area contributed by atoms with E-state index in [4.69, 9.17) is 28.7 Å². The molecule has 15 heteroatoms. The summed E-state index contributed by atoms with van der Waals surface area (Å²) in [6.07, 6.45) is 19.3. The van der Waals surface area contributed by atoms with Crippen molar-refractivity contribution in [3.05, 3.63) is 0 Å². The Balaban J connectivity index is -0.000000235. The van der Waals surface area contributed by atoms with E-state index in [9.17, 15) is 24.0 Å². The van der Waals surface area contributed by atoms with Gasteiger partial charge in [0, 0.05) is 61.3 Å². The van der Waals surface area contributed by atoms with Crippen LogP contribution in [0.1, 0.15) is 205 Å². The van der Waals surface area contributed by atoms with E-state index in [1.54, 1.807) is 0 Å². The highest BCUT2D eigenvalue weighted by Gasteiger charge is 2.25. The van der Waals surface area contributed by atoms with Crippen LogP contribution in [0.15, 0.2) is 0 Å². The first-order valence-electron chi connectivity index (χ1n) is 26.1. The molecular weight excluding hydrogens is 833 g/mol. The molecule has 0 aliphatic heterocycles. The molecule has 3 atom stereocenters. The van der Waals surface area contributed by atoms with Crippen LogP contribution in [0, 0.1) is 28.6 Å². The predicted molar refractivity (Wildman–Crippen MR) is 281 cm³/mol. The number of hydrogen-bond donors (Lipinski definition) is 10. The molecule has 0 aliphatic rings. The van der Waals surface area contributed by atoms with E-state index >= 15 is 0 Å². The summed E-state index contributed by atoms with van der Waals surface area (Å²) in [7, 11) is 0. The Bertz CT molecular complexity index is 1130. The standard InChI is InChI=1S/2C11H24N2O.2C10H22N2O.C9H20N2O/c1-4-11(2,3)10(14)13-9-7-5-6-8-12;1-3-10(2)11(14)13-9-7-5-4-6-8-12;1-4-10(2,3)9(13)12-8-6-5-7-11;1-3-9(2)10(13)12-8-6-4-5-7-11;1-3-8(2)9(12)11-7-5-4-6-10/h4-9,12H2,1-3H3,(H,13,14);10H,3-9,12H2,1-2H3,(H,13,14);4-8,11H2,1-3H3,(H,12,13);9H,3-8,11H2,1-2H3,(H,12,13);8H,3-7,10H2,1-2H3,(H,11,12). The molecule has 5 amide bonds. The van der Waals surface area contributed by atoms with E-state index in [0.29, 0.717) is 13.1 Å². The summed E-state index contributed by atoms with van der Waals surface area (Å²) in [6, 6.07) is 0. The first-order valence-corrected chi connectivity index (χ1v) is 26.1. The van der Waals surface area contributed by atoms with Crippen LogP contribution in [0.3, 0.4) is 0 Å². The van der Waals surface area contributed by atoms with E-state index in [-0.39, 0.29) is 58.1 Å². The minimum atomic E-state index is -0.233. The summed E-state index contributed by atoms with van der Waals surface area (Å²) in [4.78, 5) is 56.9. The summed E-state index contributed by atoms with van der Waals surface area (Å²) in [5.74, 6) is 1.27. The third kappa shape index (κ3) is 49.1. The normalized spacial score (nSPS) is 12.1. The highest BCUT2D eigenvalue weighted by Crippen LogP contribution is 2.20. The Morgan fingerprint density at radius 3 is 0.773 bits per heavy atom. The first-order chi connectivity index (χ1) is 31.2. The van der Waals surface area contributed by atoms with Crippen molar-refractivity contribution in [2.45, 2.75) is 205 Å². The van der Waals surface area contributed by atoms with Crippen LogP contribution in [0.2, 0.25) is 0 Å². The molecule has 0 radical (unpaired) electrons. The molecule has 0 spiro atoms. The minimum absolute atomic E-state index is 0.142. The number of nitrogens with one attached hydrogen (secondary N) is 5. The van der Waals surface area contributed by atoms with Crippen molar-refractivity contribution in [2.75, 3.05) is 65.4 Å². The molecule has 0 aromatic carbocycles. The fourth-order valence-electron chi connectivity index (χ4n) is 4.97. The number of hydrogen-bond acceptors (Lipinski definition) is 10. The van der Waals surface area contributed by atoms with Crippen LogP contribution in [-0.2, 0) is 24.0 Å². The van der Waals surface area contributed by atoms with Gasteiger partial charge in [-0.05, 0) is 129 Å². The van der Waals surface area contributed by atoms with Gasteiger partial charge in [0.05, 0.1) is 0 Å². The van der Waals surface area contributed by atoms with Crippen molar-refractivity contribution in [1.82, 2.24) is 26.6 Å². The lowest BCUT2D eigenvalue weighted by Crippen LogP contribution is -2.37. The lowest BCUT2D eigenvalue weighted by atomic mass is 9.89. The summed E-state index contributed by atoms with van der Waals surface area (Å²) < 4.78 is 0. The molecule has 15 nitrogen and oxygen atoms in total. The maximum absolute atomic E-state index is 11.6. The third-order valence-corrected chi connectivity index (χ3v) is 11.8. The zero-order chi connectivity index (χ0) is 51.7. The van der Waals surface area contributed by atoms with Crippen LogP contribution in [-0.4, -0.2) is 95.0 Å². The molecule has 0 aromatic rings. The summed E-state index contributed by atoms with van der Waals surface area (Å²) in [5.41, 5.74) is 26.3. The fourth-order valence-corrected chi connectivity index (χ4v) is 4.97. The summed E-state index contributed by atoms with van der Waals surface area (Å²) in [6.45, 7) is 31.5. The molecule has 15 N–H and O–H groups in total. The number of carbonyl (C=O) groups is 5. The second-order valence-corrected chi connectivity index (χ2v) is 18.7. The topological polar surface area (TPSA) is 276 Å². The molecule has 3 unspecified atom stereocenters. The second-order valence-electron chi connectivity index (χ2n) is 18.7. The van der Waals surface area contributed by atoms with Crippen molar-refractivity contribution in [3.8, 4) is 0 Å². The fraction of sp³-hybridized carbons (Fsp3) is 0.902. The Hall–Kier alpha value is -2.85. The minimum Gasteiger partial charge on any atom is -0.356 e. The number of unbranched alkanes of at least 4 members (excludes halogenated alkanes) is 9. The Morgan fingerprint density at radius 1 is 0.348 bits per heavy atom.